The predicted molar refractivity (Wildman–Crippen MR) is 117 cm³/mol. The number of benzene rings is 2. The molecule has 2 aromatic carbocycles. The molecule has 3 aromatic rings. The van der Waals surface area contributed by atoms with Crippen molar-refractivity contribution in [3.63, 3.8) is 0 Å². The van der Waals surface area contributed by atoms with Crippen LogP contribution >= 0.6 is 0 Å². The Hall–Kier alpha value is -3.39. The molecule has 0 spiro atoms. The lowest BCUT2D eigenvalue weighted by molar-refractivity contribution is -0.122. The zero-order valence-electron chi connectivity index (χ0n) is 17.7. The molecule has 0 atom stereocenters. The van der Waals surface area contributed by atoms with E-state index < -0.39 is 0 Å². The zero-order valence-corrected chi connectivity index (χ0v) is 17.7. The molecule has 0 saturated heterocycles. The van der Waals surface area contributed by atoms with Crippen molar-refractivity contribution in [2.75, 3.05) is 32.8 Å². The summed E-state index contributed by atoms with van der Waals surface area (Å²) in [4.78, 5) is 16.8. The van der Waals surface area contributed by atoms with Gasteiger partial charge in [0.2, 0.25) is 5.91 Å². The third kappa shape index (κ3) is 4.86. The van der Waals surface area contributed by atoms with E-state index in [0.717, 1.165) is 42.0 Å². The number of aromatic nitrogens is 3. The first-order valence-corrected chi connectivity index (χ1v) is 10.3. The van der Waals surface area contributed by atoms with E-state index in [9.17, 15) is 4.79 Å². The van der Waals surface area contributed by atoms with Crippen LogP contribution in [0.3, 0.4) is 0 Å². The number of rotatable bonds is 9. The van der Waals surface area contributed by atoms with Gasteiger partial charge in [0.1, 0.15) is 12.4 Å². The smallest absolute Gasteiger partial charge is 0.336 e. The van der Waals surface area contributed by atoms with Crippen LogP contribution < -0.4 is 14.8 Å². The van der Waals surface area contributed by atoms with Crippen molar-refractivity contribution in [3.8, 4) is 28.8 Å². The largest absolute Gasteiger partial charge is 0.497 e. The van der Waals surface area contributed by atoms with Gasteiger partial charge in [-0.3, -0.25) is 4.79 Å². The maximum atomic E-state index is 12.2. The molecule has 1 aliphatic carbocycles. The molecular formula is C23H26N4O4. The number of nitrogens with one attached hydrogen (secondary N) is 1. The Labute approximate surface area is 181 Å². The van der Waals surface area contributed by atoms with Gasteiger partial charge >= 0.3 is 6.01 Å². The Kier molecular flexibility index (Phi) is 6.47. The lowest BCUT2D eigenvalue weighted by Crippen LogP contribution is -2.27. The minimum Gasteiger partial charge on any atom is -0.497 e. The maximum absolute atomic E-state index is 12.2. The highest BCUT2D eigenvalue weighted by atomic mass is 16.5. The molecule has 1 aromatic heterocycles. The van der Waals surface area contributed by atoms with Crippen molar-refractivity contribution in [2.24, 2.45) is 5.92 Å². The fourth-order valence-corrected chi connectivity index (χ4v) is 3.30. The number of nitrogens with zero attached hydrogens (tertiary/aromatic N) is 3. The average molecular weight is 422 g/mol. The quantitative estimate of drug-likeness (QED) is 0.529. The van der Waals surface area contributed by atoms with Crippen molar-refractivity contribution >= 4 is 11.6 Å². The predicted octanol–water partition coefficient (Wildman–Crippen LogP) is 3.71. The standard InChI is InChI=1S/C23H26N4O4/c1-29-13-14-31-23-25-21(17-7-4-8-20(15-17)30-2)27(26-23)19-11-9-18(10-12-19)24-22(28)16-5-3-6-16/h4,7-12,15-16H,3,5-6,13-14H2,1-2H3,(H,24,28). The number of amides is 1. The highest BCUT2D eigenvalue weighted by Gasteiger charge is 2.25. The van der Waals surface area contributed by atoms with Crippen LogP contribution in [0.5, 0.6) is 11.8 Å². The zero-order chi connectivity index (χ0) is 21.6. The van der Waals surface area contributed by atoms with Crippen molar-refractivity contribution in [2.45, 2.75) is 19.3 Å². The molecule has 8 nitrogen and oxygen atoms in total. The van der Waals surface area contributed by atoms with Crippen LogP contribution in [0.4, 0.5) is 5.69 Å². The van der Waals surface area contributed by atoms with Crippen LogP contribution in [0.1, 0.15) is 19.3 Å². The monoisotopic (exact) mass is 422 g/mol. The van der Waals surface area contributed by atoms with Crippen LogP contribution in [0.15, 0.2) is 48.5 Å². The minimum atomic E-state index is 0.0886. The summed E-state index contributed by atoms with van der Waals surface area (Å²) in [5.41, 5.74) is 2.41. The molecule has 4 rings (SSSR count). The summed E-state index contributed by atoms with van der Waals surface area (Å²) in [7, 11) is 3.24. The molecule has 8 heteroatoms. The fourth-order valence-electron chi connectivity index (χ4n) is 3.30. The molecular weight excluding hydrogens is 396 g/mol. The molecule has 0 bridgehead atoms. The van der Waals surface area contributed by atoms with E-state index in [0.29, 0.717) is 19.0 Å². The van der Waals surface area contributed by atoms with E-state index in [1.54, 1.807) is 18.9 Å². The molecule has 1 saturated carbocycles. The molecule has 1 fully saturated rings. The van der Waals surface area contributed by atoms with Gasteiger partial charge in [0.25, 0.3) is 0 Å². The summed E-state index contributed by atoms with van der Waals surface area (Å²) in [5.74, 6) is 1.58. The van der Waals surface area contributed by atoms with Crippen LogP contribution in [0, 0.1) is 5.92 Å². The summed E-state index contributed by atoms with van der Waals surface area (Å²) in [5, 5.41) is 7.51. The number of anilines is 1. The minimum absolute atomic E-state index is 0.0886. The summed E-state index contributed by atoms with van der Waals surface area (Å²) >= 11 is 0. The van der Waals surface area contributed by atoms with Gasteiger partial charge in [-0.1, -0.05) is 18.6 Å². The van der Waals surface area contributed by atoms with Crippen LogP contribution in [0.25, 0.3) is 17.1 Å². The summed E-state index contributed by atoms with van der Waals surface area (Å²) in [6.07, 6.45) is 3.07. The SMILES string of the molecule is COCCOc1nc(-c2cccc(OC)c2)n(-c2ccc(NC(=O)C3CCC3)cc2)n1. The molecule has 1 aliphatic rings. The third-order valence-electron chi connectivity index (χ3n) is 5.29. The molecule has 1 heterocycles. The summed E-state index contributed by atoms with van der Waals surface area (Å²) in [6, 6.07) is 15.4. The van der Waals surface area contributed by atoms with Gasteiger partial charge < -0.3 is 19.5 Å². The molecule has 0 aliphatic heterocycles. The second kappa shape index (κ2) is 9.61. The Morgan fingerprint density at radius 3 is 2.61 bits per heavy atom. The van der Waals surface area contributed by atoms with E-state index >= 15 is 0 Å². The molecule has 162 valence electrons. The molecule has 0 unspecified atom stereocenters. The summed E-state index contributed by atoms with van der Waals surface area (Å²) < 4.78 is 17.7. The molecule has 0 radical (unpaired) electrons. The first kappa shape index (κ1) is 20.9. The number of methoxy groups -OCH3 is 2. The van der Waals surface area contributed by atoms with Crippen molar-refractivity contribution in [1.29, 1.82) is 0 Å². The Balaban J connectivity index is 1.61. The van der Waals surface area contributed by atoms with E-state index in [1.165, 1.54) is 0 Å². The molecule has 1 amide bonds. The number of hydrogen-bond acceptors (Lipinski definition) is 6. The van der Waals surface area contributed by atoms with Gasteiger partial charge in [-0.05, 0) is 49.2 Å². The Morgan fingerprint density at radius 2 is 1.94 bits per heavy atom. The number of hydrogen-bond donors (Lipinski definition) is 1. The van der Waals surface area contributed by atoms with Gasteiger partial charge in [0.15, 0.2) is 5.82 Å². The van der Waals surface area contributed by atoms with E-state index in [4.69, 9.17) is 14.2 Å². The maximum Gasteiger partial charge on any atom is 0.336 e. The lowest BCUT2D eigenvalue weighted by atomic mass is 9.85. The molecule has 1 N–H and O–H groups in total. The van der Waals surface area contributed by atoms with Crippen molar-refractivity contribution in [3.05, 3.63) is 48.5 Å². The van der Waals surface area contributed by atoms with E-state index in [2.05, 4.69) is 15.4 Å². The summed E-state index contributed by atoms with van der Waals surface area (Å²) in [6.45, 7) is 0.794. The van der Waals surface area contributed by atoms with Crippen LogP contribution in [-0.2, 0) is 9.53 Å². The Bertz CT molecular complexity index is 1030. The highest BCUT2D eigenvalue weighted by Crippen LogP contribution is 2.29. The van der Waals surface area contributed by atoms with Crippen molar-refractivity contribution < 1.29 is 19.0 Å². The number of carbonyl (C=O) groups excluding carboxylic acids is 1. The van der Waals surface area contributed by atoms with Gasteiger partial charge in [0, 0.05) is 24.3 Å². The van der Waals surface area contributed by atoms with E-state index in [-0.39, 0.29) is 17.8 Å². The molecule has 31 heavy (non-hydrogen) atoms. The highest BCUT2D eigenvalue weighted by molar-refractivity contribution is 5.93. The van der Waals surface area contributed by atoms with Crippen LogP contribution in [-0.4, -0.2) is 48.1 Å². The van der Waals surface area contributed by atoms with Gasteiger partial charge in [-0.2, -0.15) is 4.98 Å². The topological polar surface area (TPSA) is 87.5 Å². The first-order chi connectivity index (χ1) is 15.2. The average Bonchev–Trinajstić information content (AvgIpc) is 3.17. The normalized spacial score (nSPS) is 13.5. The van der Waals surface area contributed by atoms with Gasteiger partial charge in [-0.15, -0.1) is 5.10 Å². The number of ether oxygens (including phenoxy) is 3. The second-order valence-corrected chi connectivity index (χ2v) is 7.37. The van der Waals surface area contributed by atoms with Crippen molar-refractivity contribution in [1.82, 2.24) is 14.8 Å². The van der Waals surface area contributed by atoms with E-state index in [1.807, 2.05) is 48.5 Å². The second-order valence-electron chi connectivity index (χ2n) is 7.37. The third-order valence-corrected chi connectivity index (χ3v) is 5.29. The van der Waals surface area contributed by atoms with Crippen LogP contribution in [0.2, 0.25) is 0 Å². The van der Waals surface area contributed by atoms with Gasteiger partial charge in [-0.25, -0.2) is 4.68 Å². The first-order valence-electron chi connectivity index (χ1n) is 10.3. The van der Waals surface area contributed by atoms with Gasteiger partial charge in [0.05, 0.1) is 19.4 Å². The number of carbonyl (C=O) groups is 1. The fraction of sp³-hybridized carbons (Fsp3) is 0.348. The Morgan fingerprint density at radius 1 is 1.13 bits per heavy atom. The lowest BCUT2D eigenvalue weighted by Gasteiger charge is -2.24.